The molecular formula is C20H22F2N2O2S. The van der Waals surface area contributed by atoms with Crippen molar-refractivity contribution in [1.82, 2.24) is 4.90 Å². The Bertz CT molecular complexity index is 777. The monoisotopic (exact) mass is 392 g/mol. The average Bonchev–Trinajstić information content (AvgIpc) is 2.64. The maximum atomic E-state index is 13.6. The molecule has 144 valence electrons. The van der Waals surface area contributed by atoms with Crippen LogP contribution >= 0.6 is 11.8 Å². The third kappa shape index (κ3) is 6.36. The van der Waals surface area contributed by atoms with Gasteiger partial charge in [0.2, 0.25) is 11.8 Å². The van der Waals surface area contributed by atoms with E-state index in [0.29, 0.717) is 12.3 Å². The zero-order valence-electron chi connectivity index (χ0n) is 15.3. The van der Waals surface area contributed by atoms with Crippen LogP contribution in [0.1, 0.15) is 18.1 Å². The molecule has 0 fully saturated rings. The first-order chi connectivity index (χ1) is 12.9. The third-order valence-corrected chi connectivity index (χ3v) is 4.90. The Hall–Kier alpha value is -2.41. The van der Waals surface area contributed by atoms with Gasteiger partial charge in [0.25, 0.3) is 0 Å². The van der Waals surface area contributed by atoms with Gasteiger partial charge in [0.05, 0.1) is 12.3 Å². The van der Waals surface area contributed by atoms with Gasteiger partial charge in [-0.1, -0.05) is 35.9 Å². The first-order valence-electron chi connectivity index (χ1n) is 8.55. The minimum atomic E-state index is -0.855. The fourth-order valence-electron chi connectivity index (χ4n) is 2.38. The lowest BCUT2D eigenvalue weighted by Crippen LogP contribution is -2.39. The second kappa shape index (κ2) is 10.1. The van der Waals surface area contributed by atoms with E-state index in [-0.39, 0.29) is 18.2 Å². The first kappa shape index (κ1) is 20.9. The lowest BCUT2D eigenvalue weighted by atomic mass is 10.2. The van der Waals surface area contributed by atoms with E-state index in [1.54, 1.807) is 6.92 Å². The number of thioether (sulfide) groups is 1. The number of hydrogen-bond acceptors (Lipinski definition) is 3. The Kier molecular flexibility index (Phi) is 7.79. The summed E-state index contributed by atoms with van der Waals surface area (Å²) >= 11 is 1.46. The van der Waals surface area contributed by atoms with Crippen molar-refractivity contribution in [2.24, 2.45) is 0 Å². The van der Waals surface area contributed by atoms with Gasteiger partial charge < -0.3 is 10.2 Å². The van der Waals surface area contributed by atoms with Gasteiger partial charge in [-0.2, -0.15) is 0 Å². The molecule has 0 aliphatic heterocycles. The molecule has 0 unspecified atom stereocenters. The summed E-state index contributed by atoms with van der Waals surface area (Å²) in [6, 6.07) is 11.4. The van der Waals surface area contributed by atoms with Crippen molar-refractivity contribution in [3.8, 4) is 0 Å². The summed E-state index contributed by atoms with van der Waals surface area (Å²) in [5.41, 5.74) is 1.79. The Labute approximate surface area is 161 Å². The highest BCUT2D eigenvalue weighted by atomic mass is 32.2. The molecule has 0 bridgehead atoms. The predicted molar refractivity (Wildman–Crippen MR) is 105 cm³/mol. The summed E-state index contributed by atoms with van der Waals surface area (Å²) < 4.78 is 27.2. The summed E-state index contributed by atoms with van der Waals surface area (Å²) in [6.07, 6.45) is 0. The summed E-state index contributed by atoms with van der Waals surface area (Å²) in [4.78, 5) is 25.7. The Morgan fingerprint density at radius 2 is 1.70 bits per heavy atom. The quantitative estimate of drug-likeness (QED) is 0.739. The van der Waals surface area contributed by atoms with E-state index in [0.717, 1.165) is 17.7 Å². The van der Waals surface area contributed by atoms with Gasteiger partial charge >= 0.3 is 0 Å². The zero-order chi connectivity index (χ0) is 19.8. The van der Waals surface area contributed by atoms with Crippen LogP contribution in [0.15, 0.2) is 42.5 Å². The fraction of sp³-hybridized carbons (Fsp3) is 0.300. The summed E-state index contributed by atoms with van der Waals surface area (Å²) in [5, 5.41) is 2.20. The van der Waals surface area contributed by atoms with Gasteiger partial charge in [0.15, 0.2) is 0 Å². The molecule has 2 aromatic carbocycles. The summed E-state index contributed by atoms with van der Waals surface area (Å²) in [6.45, 7) is 3.84. The van der Waals surface area contributed by atoms with Crippen molar-refractivity contribution in [2.75, 3.05) is 24.2 Å². The number of rotatable bonds is 8. The van der Waals surface area contributed by atoms with E-state index >= 15 is 0 Å². The number of nitrogens with zero attached hydrogens (tertiary/aromatic N) is 1. The number of halogens is 2. The molecule has 0 atom stereocenters. The Morgan fingerprint density at radius 3 is 2.30 bits per heavy atom. The molecular weight excluding hydrogens is 370 g/mol. The zero-order valence-corrected chi connectivity index (χ0v) is 16.1. The molecule has 0 radical (unpaired) electrons. The van der Waals surface area contributed by atoms with E-state index < -0.39 is 23.2 Å². The van der Waals surface area contributed by atoms with Crippen LogP contribution in [0.2, 0.25) is 0 Å². The molecule has 0 saturated heterocycles. The predicted octanol–water partition coefficient (Wildman–Crippen LogP) is 3.99. The molecule has 27 heavy (non-hydrogen) atoms. The van der Waals surface area contributed by atoms with Crippen LogP contribution in [0.5, 0.6) is 0 Å². The number of hydrogen-bond donors (Lipinski definition) is 1. The van der Waals surface area contributed by atoms with Crippen LogP contribution < -0.4 is 5.32 Å². The number of carbonyl (C=O) groups is 2. The van der Waals surface area contributed by atoms with E-state index in [4.69, 9.17) is 0 Å². The second-order valence-corrected chi connectivity index (χ2v) is 7.02. The number of aryl methyl sites for hydroxylation is 1. The topological polar surface area (TPSA) is 49.4 Å². The number of nitrogens with one attached hydrogen (secondary N) is 1. The van der Waals surface area contributed by atoms with E-state index in [2.05, 4.69) is 5.32 Å². The van der Waals surface area contributed by atoms with Gasteiger partial charge in [0, 0.05) is 12.3 Å². The van der Waals surface area contributed by atoms with Crippen LogP contribution in [-0.4, -0.2) is 35.6 Å². The molecule has 4 nitrogen and oxygen atoms in total. The average molecular weight is 392 g/mol. The van der Waals surface area contributed by atoms with E-state index in [1.807, 2.05) is 31.2 Å². The van der Waals surface area contributed by atoms with Crippen LogP contribution in [0.3, 0.4) is 0 Å². The van der Waals surface area contributed by atoms with Crippen molar-refractivity contribution in [3.63, 3.8) is 0 Å². The highest BCUT2D eigenvalue weighted by Crippen LogP contribution is 2.18. The first-order valence-corrected chi connectivity index (χ1v) is 9.71. The van der Waals surface area contributed by atoms with Crippen LogP contribution in [0.4, 0.5) is 14.5 Å². The molecule has 7 heteroatoms. The van der Waals surface area contributed by atoms with Crippen molar-refractivity contribution < 1.29 is 18.4 Å². The van der Waals surface area contributed by atoms with Crippen molar-refractivity contribution >= 4 is 29.3 Å². The maximum Gasteiger partial charge on any atom is 0.244 e. The molecule has 2 amide bonds. The SMILES string of the molecule is CCN(CC(=O)Nc1c(F)cccc1F)C(=O)CSCc1ccc(C)cc1. The second-order valence-electron chi connectivity index (χ2n) is 6.03. The number of benzene rings is 2. The minimum Gasteiger partial charge on any atom is -0.333 e. The van der Waals surface area contributed by atoms with Gasteiger partial charge in [-0.15, -0.1) is 11.8 Å². The van der Waals surface area contributed by atoms with Crippen LogP contribution in [0.25, 0.3) is 0 Å². The molecule has 2 rings (SSSR count). The molecule has 0 spiro atoms. The highest BCUT2D eigenvalue weighted by Gasteiger charge is 2.18. The van der Waals surface area contributed by atoms with Gasteiger partial charge in [-0.3, -0.25) is 9.59 Å². The van der Waals surface area contributed by atoms with Crippen molar-refractivity contribution in [3.05, 3.63) is 65.2 Å². The lowest BCUT2D eigenvalue weighted by Gasteiger charge is -2.20. The van der Waals surface area contributed by atoms with Gasteiger partial charge in [0.1, 0.15) is 17.3 Å². The van der Waals surface area contributed by atoms with Crippen LogP contribution in [-0.2, 0) is 15.3 Å². The third-order valence-electron chi connectivity index (χ3n) is 3.91. The maximum absolute atomic E-state index is 13.6. The molecule has 1 N–H and O–H groups in total. The standard InChI is InChI=1S/C20H22F2N2O2S/c1-3-24(11-18(25)23-20-16(21)5-4-6-17(20)22)19(26)13-27-12-15-9-7-14(2)8-10-15/h4-10H,3,11-13H2,1-2H3,(H,23,25). The van der Waals surface area contributed by atoms with Gasteiger partial charge in [-0.25, -0.2) is 8.78 Å². The molecule has 0 aliphatic rings. The normalized spacial score (nSPS) is 10.5. The smallest absolute Gasteiger partial charge is 0.244 e. The number of likely N-dealkylation sites (N-methyl/N-ethyl adjacent to an activating group) is 1. The van der Waals surface area contributed by atoms with Gasteiger partial charge in [-0.05, 0) is 31.5 Å². The fourth-order valence-corrected chi connectivity index (χ4v) is 3.27. The van der Waals surface area contributed by atoms with Crippen LogP contribution in [0, 0.1) is 18.6 Å². The van der Waals surface area contributed by atoms with E-state index in [1.165, 1.54) is 28.3 Å². The lowest BCUT2D eigenvalue weighted by molar-refractivity contribution is -0.132. The highest BCUT2D eigenvalue weighted by molar-refractivity contribution is 7.99. The van der Waals surface area contributed by atoms with Crippen molar-refractivity contribution in [2.45, 2.75) is 19.6 Å². The molecule has 2 aromatic rings. The number of amides is 2. The minimum absolute atomic E-state index is 0.196. The molecule has 0 aromatic heterocycles. The Morgan fingerprint density at radius 1 is 1.07 bits per heavy atom. The molecule has 0 aliphatic carbocycles. The number of carbonyl (C=O) groups excluding carboxylic acids is 2. The molecule has 0 saturated carbocycles. The van der Waals surface area contributed by atoms with E-state index in [9.17, 15) is 18.4 Å². The number of anilines is 1. The summed E-state index contributed by atoms with van der Waals surface area (Å²) in [5.74, 6) is -1.63. The summed E-state index contributed by atoms with van der Waals surface area (Å²) in [7, 11) is 0. The molecule has 0 heterocycles. The largest absolute Gasteiger partial charge is 0.333 e. The number of para-hydroxylation sites is 1. The van der Waals surface area contributed by atoms with Crippen molar-refractivity contribution in [1.29, 1.82) is 0 Å². The Balaban J connectivity index is 1.85.